The molecule has 0 aromatic heterocycles. The summed E-state index contributed by atoms with van der Waals surface area (Å²) in [5, 5.41) is 8.22. The minimum atomic E-state index is 0.547. The van der Waals surface area contributed by atoms with E-state index in [2.05, 4.69) is 32.6 Å². The van der Waals surface area contributed by atoms with Crippen LogP contribution < -0.4 is 10.6 Å². The van der Waals surface area contributed by atoms with Gasteiger partial charge < -0.3 is 10.6 Å². The number of halogens is 2. The second kappa shape index (κ2) is 6.67. The maximum Gasteiger partial charge on any atom is 0.0638 e. The Hall–Kier alpha value is -0.250. The molecule has 2 fully saturated rings. The van der Waals surface area contributed by atoms with E-state index in [-0.39, 0.29) is 0 Å². The number of rotatable bonds is 3. The van der Waals surface area contributed by atoms with Gasteiger partial charge in [-0.25, -0.2) is 0 Å². The summed E-state index contributed by atoms with van der Waals surface area (Å²) in [6.07, 6.45) is 7.94. The lowest BCUT2D eigenvalue weighted by Crippen LogP contribution is -2.43. The van der Waals surface area contributed by atoms with Crippen molar-refractivity contribution in [1.29, 1.82) is 0 Å². The van der Waals surface area contributed by atoms with E-state index in [4.69, 9.17) is 11.6 Å². The molecule has 1 aromatic rings. The van der Waals surface area contributed by atoms with Gasteiger partial charge in [-0.05, 0) is 56.3 Å². The average molecular weight is 358 g/mol. The summed E-state index contributed by atoms with van der Waals surface area (Å²) in [6, 6.07) is 7.28. The fourth-order valence-corrected chi connectivity index (χ4v) is 4.24. The molecule has 2 nitrogen and oxygen atoms in total. The molecule has 2 N–H and O–H groups in total. The van der Waals surface area contributed by atoms with Crippen molar-refractivity contribution in [3.63, 3.8) is 0 Å². The summed E-state index contributed by atoms with van der Waals surface area (Å²) in [6.45, 7) is 1.19. The molecule has 0 bridgehead atoms. The van der Waals surface area contributed by atoms with E-state index in [1.54, 1.807) is 0 Å². The van der Waals surface area contributed by atoms with Crippen LogP contribution in [-0.2, 0) is 0 Å². The van der Waals surface area contributed by atoms with Crippen LogP contribution in [0.25, 0.3) is 0 Å². The van der Waals surface area contributed by atoms with Crippen molar-refractivity contribution < 1.29 is 0 Å². The minimum Gasteiger partial charge on any atom is -0.381 e. The molecule has 4 heteroatoms. The van der Waals surface area contributed by atoms with Gasteiger partial charge in [0.1, 0.15) is 0 Å². The highest BCUT2D eigenvalue weighted by Gasteiger charge is 2.33. The van der Waals surface area contributed by atoms with Crippen molar-refractivity contribution in [2.75, 3.05) is 11.9 Å². The third-order valence-corrected chi connectivity index (χ3v) is 5.53. The zero-order valence-corrected chi connectivity index (χ0v) is 14.0. The molecule has 1 saturated heterocycles. The molecule has 3 unspecified atom stereocenters. The monoisotopic (exact) mass is 356 g/mol. The maximum absolute atomic E-state index is 6.32. The van der Waals surface area contributed by atoms with Crippen LogP contribution in [0.4, 0.5) is 5.69 Å². The van der Waals surface area contributed by atoms with Gasteiger partial charge in [0.25, 0.3) is 0 Å². The fraction of sp³-hybridized carbons (Fsp3) is 0.625. The Morgan fingerprint density at radius 3 is 2.80 bits per heavy atom. The Balaban J connectivity index is 1.74. The summed E-state index contributed by atoms with van der Waals surface area (Å²) >= 11 is 9.86. The second-order valence-corrected chi connectivity index (χ2v) is 7.35. The van der Waals surface area contributed by atoms with Gasteiger partial charge >= 0.3 is 0 Å². The largest absolute Gasteiger partial charge is 0.381 e. The summed E-state index contributed by atoms with van der Waals surface area (Å²) in [5.41, 5.74) is 1.07. The van der Waals surface area contributed by atoms with Gasteiger partial charge in [-0.1, -0.05) is 40.4 Å². The van der Waals surface area contributed by atoms with E-state index in [0.29, 0.717) is 12.1 Å². The predicted octanol–water partition coefficient (Wildman–Crippen LogP) is 4.83. The van der Waals surface area contributed by atoms with Gasteiger partial charge in [-0.15, -0.1) is 0 Å². The zero-order valence-electron chi connectivity index (χ0n) is 11.7. The molecule has 0 amide bonds. The van der Waals surface area contributed by atoms with Crippen LogP contribution in [-0.4, -0.2) is 18.6 Å². The molecular formula is C16H22BrClN2. The van der Waals surface area contributed by atoms with Crippen molar-refractivity contribution >= 4 is 33.2 Å². The van der Waals surface area contributed by atoms with Crippen LogP contribution in [0, 0.1) is 5.92 Å². The van der Waals surface area contributed by atoms with Crippen molar-refractivity contribution in [2.45, 2.75) is 50.6 Å². The lowest BCUT2D eigenvalue weighted by Gasteiger charge is -2.37. The van der Waals surface area contributed by atoms with Gasteiger partial charge in [0.15, 0.2) is 0 Å². The SMILES string of the molecule is Clc1ccc(Br)cc1NC1CCCCC1C1CCCN1. The number of nitrogens with one attached hydrogen (secondary N) is 2. The van der Waals surface area contributed by atoms with Crippen molar-refractivity contribution in [3.8, 4) is 0 Å². The number of hydrogen-bond donors (Lipinski definition) is 2. The third-order valence-electron chi connectivity index (χ3n) is 4.70. The van der Waals surface area contributed by atoms with Crippen LogP contribution in [0.15, 0.2) is 22.7 Å². The van der Waals surface area contributed by atoms with E-state index in [1.165, 1.54) is 45.1 Å². The molecule has 2 aliphatic rings. The fourth-order valence-electron chi connectivity index (χ4n) is 3.71. The predicted molar refractivity (Wildman–Crippen MR) is 89.5 cm³/mol. The third kappa shape index (κ3) is 3.32. The highest BCUT2D eigenvalue weighted by molar-refractivity contribution is 9.10. The summed E-state index contributed by atoms with van der Waals surface area (Å²) in [5.74, 6) is 0.737. The first-order valence-electron chi connectivity index (χ1n) is 7.69. The Morgan fingerprint density at radius 2 is 2.00 bits per heavy atom. The highest BCUT2D eigenvalue weighted by atomic mass is 79.9. The summed E-state index contributed by atoms with van der Waals surface area (Å²) in [7, 11) is 0. The van der Waals surface area contributed by atoms with Crippen molar-refractivity contribution in [2.24, 2.45) is 5.92 Å². The highest BCUT2D eigenvalue weighted by Crippen LogP contribution is 2.34. The topological polar surface area (TPSA) is 24.1 Å². The first-order chi connectivity index (χ1) is 9.74. The van der Waals surface area contributed by atoms with E-state index in [9.17, 15) is 0 Å². The van der Waals surface area contributed by atoms with Crippen LogP contribution in [0.2, 0.25) is 5.02 Å². The molecule has 0 radical (unpaired) electrons. The van der Waals surface area contributed by atoms with E-state index < -0.39 is 0 Å². The molecule has 20 heavy (non-hydrogen) atoms. The summed E-state index contributed by atoms with van der Waals surface area (Å²) in [4.78, 5) is 0. The molecule has 1 saturated carbocycles. The second-order valence-electron chi connectivity index (χ2n) is 6.03. The van der Waals surface area contributed by atoms with E-state index in [1.807, 2.05) is 12.1 Å². The maximum atomic E-state index is 6.32. The van der Waals surface area contributed by atoms with Crippen molar-refractivity contribution in [3.05, 3.63) is 27.7 Å². The quantitative estimate of drug-likeness (QED) is 0.810. The number of hydrogen-bond acceptors (Lipinski definition) is 2. The molecule has 3 rings (SSSR count). The first kappa shape index (κ1) is 14.7. The van der Waals surface area contributed by atoms with Crippen LogP contribution in [0.5, 0.6) is 0 Å². The van der Waals surface area contributed by atoms with E-state index in [0.717, 1.165) is 21.1 Å². The molecule has 1 heterocycles. The minimum absolute atomic E-state index is 0.547. The Labute approximate surface area is 134 Å². The summed E-state index contributed by atoms with van der Waals surface area (Å²) < 4.78 is 1.08. The van der Waals surface area contributed by atoms with Gasteiger partial charge in [0, 0.05) is 16.6 Å². The number of anilines is 1. The lowest BCUT2D eigenvalue weighted by atomic mass is 9.79. The Morgan fingerprint density at radius 1 is 1.15 bits per heavy atom. The Kier molecular flexibility index (Phi) is 4.90. The molecule has 1 aliphatic carbocycles. The van der Waals surface area contributed by atoms with Crippen LogP contribution in [0.1, 0.15) is 38.5 Å². The molecular weight excluding hydrogens is 336 g/mol. The van der Waals surface area contributed by atoms with Crippen LogP contribution in [0.3, 0.4) is 0 Å². The first-order valence-corrected chi connectivity index (χ1v) is 8.86. The van der Waals surface area contributed by atoms with Gasteiger partial charge in [0.05, 0.1) is 10.7 Å². The van der Waals surface area contributed by atoms with Crippen molar-refractivity contribution in [1.82, 2.24) is 5.32 Å². The molecule has 1 aliphatic heterocycles. The Bertz CT molecular complexity index is 460. The zero-order chi connectivity index (χ0) is 13.9. The standard InChI is InChI=1S/C16H22BrClN2/c17-11-7-8-13(18)16(10-11)20-15-5-2-1-4-12(15)14-6-3-9-19-14/h7-8,10,12,14-15,19-20H,1-6,9H2. The molecule has 0 spiro atoms. The molecule has 3 atom stereocenters. The smallest absolute Gasteiger partial charge is 0.0638 e. The lowest BCUT2D eigenvalue weighted by molar-refractivity contribution is 0.263. The average Bonchev–Trinajstić information content (AvgIpc) is 2.97. The van der Waals surface area contributed by atoms with E-state index >= 15 is 0 Å². The van der Waals surface area contributed by atoms with Gasteiger partial charge in [-0.3, -0.25) is 0 Å². The van der Waals surface area contributed by atoms with Crippen LogP contribution >= 0.6 is 27.5 Å². The molecule has 110 valence electrons. The molecule has 1 aromatic carbocycles. The number of benzene rings is 1. The normalized spacial score (nSPS) is 30.4. The van der Waals surface area contributed by atoms with Gasteiger partial charge in [-0.2, -0.15) is 0 Å². The van der Waals surface area contributed by atoms with Gasteiger partial charge in [0.2, 0.25) is 0 Å².